The molecule has 1 aromatic rings. The minimum Gasteiger partial charge on any atom is -0.733 e. The van der Waals surface area contributed by atoms with Gasteiger partial charge >= 0.3 is 5.97 Å². The third-order valence-electron chi connectivity index (χ3n) is 3.80. The first kappa shape index (κ1) is 17.5. The van der Waals surface area contributed by atoms with Crippen molar-refractivity contribution in [2.75, 3.05) is 11.8 Å². The van der Waals surface area contributed by atoms with Crippen LogP contribution in [-0.2, 0) is 9.53 Å². The largest absolute Gasteiger partial charge is 0.733 e. The van der Waals surface area contributed by atoms with Crippen LogP contribution >= 0.6 is 0 Å². The predicted molar refractivity (Wildman–Crippen MR) is 87.6 cm³/mol. The fourth-order valence-electron chi connectivity index (χ4n) is 2.78. The number of benzene rings is 1. The van der Waals surface area contributed by atoms with Crippen LogP contribution < -0.4 is 10.5 Å². The normalized spacial score (nSPS) is 17.2. The number of allylic oxidation sites excluding steroid dienone is 3. The van der Waals surface area contributed by atoms with Crippen molar-refractivity contribution in [3.63, 3.8) is 0 Å². The Morgan fingerprint density at radius 2 is 2.17 bits per heavy atom. The van der Waals surface area contributed by atoms with Crippen molar-refractivity contribution in [3.05, 3.63) is 57.6 Å². The molecular formula is C17H18N3O4-. The number of hydrogen-bond donors (Lipinski definition) is 2. The molecule has 1 heterocycles. The molecule has 2 rings (SSSR count). The highest BCUT2D eigenvalue weighted by Crippen LogP contribution is 2.39. The van der Waals surface area contributed by atoms with Crippen LogP contribution in [0.5, 0.6) is 0 Å². The summed E-state index contributed by atoms with van der Waals surface area (Å²) in [5.74, 6) is -1.20. The van der Waals surface area contributed by atoms with E-state index in [2.05, 4.69) is 11.4 Å². The topological polar surface area (TPSA) is 109 Å². The second-order valence-corrected chi connectivity index (χ2v) is 5.34. The number of nitrogens with zero attached hydrogens (tertiary/aromatic N) is 2. The molecule has 0 amide bonds. The highest BCUT2D eigenvalue weighted by Gasteiger charge is 2.34. The Hall–Kier alpha value is -2.82. The van der Waals surface area contributed by atoms with E-state index in [1.807, 2.05) is 0 Å². The maximum absolute atomic E-state index is 12.4. The average Bonchev–Trinajstić information content (AvgIpc) is 2.54. The number of dihydropyridines is 1. The summed E-state index contributed by atoms with van der Waals surface area (Å²) in [4.78, 5) is 12.4. The second-order valence-electron chi connectivity index (χ2n) is 5.34. The molecule has 1 aromatic carbocycles. The van der Waals surface area contributed by atoms with Gasteiger partial charge in [-0.3, -0.25) is 5.21 Å². The lowest BCUT2D eigenvalue weighted by Crippen LogP contribution is -2.28. The van der Waals surface area contributed by atoms with Crippen molar-refractivity contribution < 1.29 is 14.7 Å². The number of carbonyl (C=O) groups is 1. The smallest absolute Gasteiger partial charge is 0.336 e. The minimum atomic E-state index is -0.671. The maximum atomic E-state index is 12.4. The van der Waals surface area contributed by atoms with Gasteiger partial charge in [-0.25, -0.2) is 4.79 Å². The molecule has 0 saturated heterocycles. The standard InChI is InChI=1S/C17H18N3O4/c1-4-24-17(21)15-11(3)19-10(2)14(9-18)16(15)12-6-5-7-13(8-12)20(22)23/h5-8,16,19,22H,4H2,1-3H3/q-1/t16-/m1/s1. The quantitative estimate of drug-likeness (QED) is 0.646. The highest BCUT2D eigenvalue weighted by atomic mass is 16.8. The van der Waals surface area contributed by atoms with E-state index in [1.54, 1.807) is 32.9 Å². The number of hydrogen-bond acceptors (Lipinski definition) is 7. The van der Waals surface area contributed by atoms with E-state index in [1.165, 1.54) is 12.1 Å². The van der Waals surface area contributed by atoms with E-state index in [9.17, 15) is 15.3 Å². The molecule has 1 aliphatic rings. The molecule has 2 N–H and O–H groups in total. The molecule has 0 saturated carbocycles. The van der Waals surface area contributed by atoms with E-state index in [-0.39, 0.29) is 17.5 Å². The van der Waals surface area contributed by atoms with Gasteiger partial charge in [-0.2, -0.15) is 5.26 Å². The molecule has 0 unspecified atom stereocenters. The van der Waals surface area contributed by atoms with Crippen molar-refractivity contribution in [3.8, 4) is 6.07 Å². The van der Waals surface area contributed by atoms with Gasteiger partial charge in [0.25, 0.3) is 0 Å². The lowest BCUT2D eigenvalue weighted by molar-refractivity contribution is -0.138. The Kier molecular flexibility index (Phi) is 5.24. The lowest BCUT2D eigenvalue weighted by atomic mass is 9.81. The fraction of sp³-hybridized carbons (Fsp3) is 0.294. The van der Waals surface area contributed by atoms with Crippen LogP contribution in [0.25, 0.3) is 0 Å². The Bertz CT molecular complexity index is 759. The van der Waals surface area contributed by atoms with Crippen LogP contribution in [0.1, 0.15) is 32.3 Å². The van der Waals surface area contributed by atoms with Crippen LogP contribution in [0.15, 0.2) is 46.8 Å². The van der Waals surface area contributed by atoms with Gasteiger partial charge in [0.1, 0.15) is 0 Å². The first-order valence-corrected chi connectivity index (χ1v) is 7.42. The van der Waals surface area contributed by atoms with Gasteiger partial charge < -0.3 is 20.5 Å². The number of carbonyl (C=O) groups excluding carboxylic acids is 1. The van der Waals surface area contributed by atoms with E-state index in [4.69, 9.17) is 9.94 Å². The molecular weight excluding hydrogens is 310 g/mol. The minimum absolute atomic E-state index is 0.0156. The number of esters is 1. The summed E-state index contributed by atoms with van der Waals surface area (Å²) in [7, 11) is 0. The molecule has 126 valence electrons. The van der Waals surface area contributed by atoms with Gasteiger partial charge in [0.05, 0.1) is 35.4 Å². The average molecular weight is 328 g/mol. The van der Waals surface area contributed by atoms with E-state index in [0.29, 0.717) is 28.1 Å². The zero-order valence-corrected chi connectivity index (χ0v) is 13.7. The van der Waals surface area contributed by atoms with Crippen LogP contribution in [0.4, 0.5) is 5.69 Å². The van der Waals surface area contributed by atoms with Crippen molar-refractivity contribution in [1.82, 2.24) is 5.32 Å². The monoisotopic (exact) mass is 328 g/mol. The second kappa shape index (κ2) is 7.17. The fourth-order valence-corrected chi connectivity index (χ4v) is 2.78. The van der Waals surface area contributed by atoms with Crippen molar-refractivity contribution in [1.29, 1.82) is 5.26 Å². The molecule has 7 heteroatoms. The van der Waals surface area contributed by atoms with Gasteiger partial charge in [-0.15, -0.1) is 0 Å². The van der Waals surface area contributed by atoms with Gasteiger partial charge in [0, 0.05) is 11.4 Å². The van der Waals surface area contributed by atoms with Gasteiger partial charge in [0.2, 0.25) is 0 Å². The number of anilines is 1. The van der Waals surface area contributed by atoms with Gasteiger partial charge in [-0.05, 0) is 38.5 Å². The van der Waals surface area contributed by atoms with E-state index < -0.39 is 11.9 Å². The van der Waals surface area contributed by atoms with Crippen molar-refractivity contribution >= 4 is 11.7 Å². The summed E-state index contributed by atoms with van der Waals surface area (Å²) in [6.45, 7) is 5.38. The van der Waals surface area contributed by atoms with Crippen LogP contribution in [0.3, 0.4) is 0 Å². The summed E-state index contributed by atoms with van der Waals surface area (Å²) < 4.78 is 5.12. The number of ether oxygens (including phenoxy) is 1. The molecule has 0 fully saturated rings. The van der Waals surface area contributed by atoms with Crippen molar-refractivity contribution in [2.45, 2.75) is 26.7 Å². The predicted octanol–water partition coefficient (Wildman–Crippen LogP) is 2.70. The molecule has 1 aliphatic heterocycles. The Labute approximate surface area is 140 Å². The molecule has 0 bridgehead atoms. The van der Waals surface area contributed by atoms with Crippen LogP contribution in [-0.4, -0.2) is 17.8 Å². The first-order chi connectivity index (χ1) is 11.4. The first-order valence-electron chi connectivity index (χ1n) is 7.42. The molecule has 0 spiro atoms. The van der Waals surface area contributed by atoms with E-state index >= 15 is 0 Å². The summed E-state index contributed by atoms with van der Waals surface area (Å²) in [5.41, 5.74) is 2.44. The number of rotatable bonds is 4. The Morgan fingerprint density at radius 1 is 1.46 bits per heavy atom. The van der Waals surface area contributed by atoms with Crippen LogP contribution in [0.2, 0.25) is 0 Å². The van der Waals surface area contributed by atoms with Gasteiger partial charge in [-0.1, -0.05) is 12.1 Å². The van der Waals surface area contributed by atoms with E-state index in [0.717, 1.165) is 0 Å². The summed E-state index contributed by atoms with van der Waals surface area (Å²) in [6, 6.07) is 8.27. The molecule has 0 radical (unpaired) electrons. The molecule has 0 aliphatic carbocycles. The summed E-state index contributed by atoms with van der Waals surface area (Å²) >= 11 is 0. The summed E-state index contributed by atoms with van der Waals surface area (Å²) in [6.07, 6.45) is 0. The SMILES string of the molecule is CCOC(=O)C1=C(C)NC(C)=C(C#N)[C@H]1c1cccc(N([O-])O)c1. The third-order valence-corrected chi connectivity index (χ3v) is 3.80. The van der Waals surface area contributed by atoms with Gasteiger partial charge in [0.15, 0.2) is 0 Å². The van der Waals surface area contributed by atoms with Crippen molar-refractivity contribution in [2.24, 2.45) is 0 Å². The lowest BCUT2D eigenvalue weighted by Gasteiger charge is -2.29. The molecule has 1 atom stereocenters. The molecule has 7 nitrogen and oxygen atoms in total. The Morgan fingerprint density at radius 3 is 2.75 bits per heavy atom. The zero-order valence-electron chi connectivity index (χ0n) is 13.7. The van der Waals surface area contributed by atoms with Crippen LogP contribution in [0, 0.1) is 16.5 Å². The maximum Gasteiger partial charge on any atom is 0.336 e. The zero-order chi connectivity index (χ0) is 17.9. The molecule has 0 aromatic heterocycles. The number of nitrogens with one attached hydrogen (secondary N) is 1. The number of nitriles is 1. The Balaban J connectivity index is 2.62. The third kappa shape index (κ3) is 3.25. The summed E-state index contributed by atoms with van der Waals surface area (Å²) in [5, 5.41) is 32.6. The molecule has 24 heavy (non-hydrogen) atoms. The highest BCUT2D eigenvalue weighted by molar-refractivity contribution is 5.93.